The molecule has 0 atom stereocenters. The lowest BCUT2D eigenvalue weighted by atomic mass is 10.2. The van der Waals surface area contributed by atoms with E-state index in [4.69, 9.17) is 28.5 Å². The lowest BCUT2D eigenvalue weighted by Gasteiger charge is -2.07. The lowest BCUT2D eigenvalue weighted by molar-refractivity contribution is 0.744. The second-order valence-corrected chi connectivity index (χ2v) is 5.30. The Morgan fingerprint density at radius 1 is 1.14 bits per heavy atom. The predicted octanol–water partition coefficient (Wildman–Crippen LogP) is 4.32. The molecule has 21 heavy (non-hydrogen) atoms. The standard InChI is InChI=1S/C15H10Cl2N4/c16-11-8-13-14(9-12(11)17)21(7-1-4-18)15(20-13)10-2-5-19-6-3-10/h2-3,5-6,8-9H,1,7H2. The quantitative estimate of drug-likeness (QED) is 0.723. The van der Waals surface area contributed by atoms with Crippen LogP contribution in [0.5, 0.6) is 0 Å². The number of pyridine rings is 1. The highest BCUT2D eigenvalue weighted by Crippen LogP contribution is 2.31. The molecule has 0 spiro atoms. The summed E-state index contributed by atoms with van der Waals surface area (Å²) in [4.78, 5) is 8.63. The number of imidazole rings is 1. The van der Waals surface area contributed by atoms with Crippen LogP contribution in [0.3, 0.4) is 0 Å². The van der Waals surface area contributed by atoms with Crippen molar-refractivity contribution in [2.24, 2.45) is 0 Å². The highest BCUT2D eigenvalue weighted by Gasteiger charge is 2.14. The van der Waals surface area contributed by atoms with Crippen LogP contribution in [0.1, 0.15) is 6.42 Å². The zero-order valence-corrected chi connectivity index (χ0v) is 12.4. The maximum Gasteiger partial charge on any atom is 0.141 e. The maximum absolute atomic E-state index is 8.86. The van der Waals surface area contributed by atoms with Crippen molar-refractivity contribution in [2.45, 2.75) is 13.0 Å². The van der Waals surface area contributed by atoms with Gasteiger partial charge in [0.2, 0.25) is 0 Å². The number of fused-ring (bicyclic) bond motifs is 1. The lowest BCUT2D eigenvalue weighted by Crippen LogP contribution is -2.00. The van der Waals surface area contributed by atoms with Crippen LogP contribution >= 0.6 is 23.2 Å². The Kier molecular flexibility index (Phi) is 3.78. The summed E-state index contributed by atoms with van der Waals surface area (Å²) in [6.07, 6.45) is 3.82. The molecule has 6 heteroatoms. The van der Waals surface area contributed by atoms with E-state index in [1.165, 1.54) is 0 Å². The SMILES string of the molecule is N#CCCn1c(-c2ccncc2)nc2cc(Cl)c(Cl)cc21. The van der Waals surface area contributed by atoms with Gasteiger partial charge in [-0.3, -0.25) is 4.98 Å². The molecule has 0 aliphatic heterocycles. The summed E-state index contributed by atoms with van der Waals surface area (Å²) in [5, 5.41) is 9.80. The van der Waals surface area contributed by atoms with Crippen molar-refractivity contribution in [3.05, 3.63) is 46.7 Å². The molecule has 0 saturated carbocycles. The minimum absolute atomic E-state index is 0.393. The fourth-order valence-corrected chi connectivity index (χ4v) is 2.55. The summed E-state index contributed by atoms with van der Waals surface area (Å²) >= 11 is 12.2. The zero-order chi connectivity index (χ0) is 14.8. The molecule has 0 saturated heterocycles. The number of hydrogen-bond acceptors (Lipinski definition) is 3. The van der Waals surface area contributed by atoms with E-state index in [1.54, 1.807) is 24.5 Å². The van der Waals surface area contributed by atoms with Gasteiger partial charge in [0.1, 0.15) is 5.82 Å². The molecule has 3 aromatic rings. The van der Waals surface area contributed by atoms with Crippen LogP contribution in [0.4, 0.5) is 0 Å². The highest BCUT2D eigenvalue weighted by molar-refractivity contribution is 6.42. The van der Waals surface area contributed by atoms with Crippen molar-refractivity contribution in [2.75, 3.05) is 0 Å². The first-order chi connectivity index (χ1) is 10.2. The predicted molar refractivity (Wildman–Crippen MR) is 83.2 cm³/mol. The largest absolute Gasteiger partial charge is 0.323 e. The second-order valence-electron chi connectivity index (χ2n) is 4.49. The molecular weight excluding hydrogens is 307 g/mol. The molecule has 2 heterocycles. The molecule has 0 fully saturated rings. The van der Waals surface area contributed by atoms with Crippen LogP contribution in [-0.4, -0.2) is 14.5 Å². The number of benzene rings is 1. The first-order valence-electron chi connectivity index (χ1n) is 6.33. The average molecular weight is 317 g/mol. The molecule has 0 unspecified atom stereocenters. The van der Waals surface area contributed by atoms with Gasteiger partial charge >= 0.3 is 0 Å². The van der Waals surface area contributed by atoms with E-state index >= 15 is 0 Å². The number of rotatable bonds is 3. The van der Waals surface area contributed by atoms with Gasteiger partial charge in [-0.15, -0.1) is 0 Å². The first kappa shape index (κ1) is 13.9. The monoisotopic (exact) mass is 316 g/mol. The molecule has 0 amide bonds. The molecule has 0 aliphatic rings. The first-order valence-corrected chi connectivity index (χ1v) is 7.09. The fourth-order valence-electron chi connectivity index (χ4n) is 2.23. The summed E-state index contributed by atoms with van der Waals surface area (Å²) in [7, 11) is 0. The Balaban J connectivity index is 2.25. The Morgan fingerprint density at radius 2 is 1.86 bits per heavy atom. The number of halogens is 2. The van der Waals surface area contributed by atoms with Crippen LogP contribution < -0.4 is 0 Å². The van der Waals surface area contributed by atoms with E-state index in [0.29, 0.717) is 23.0 Å². The van der Waals surface area contributed by atoms with Crippen LogP contribution in [0.15, 0.2) is 36.7 Å². The molecule has 3 rings (SSSR count). The van der Waals surface area contributed by atoms with E-state index in [9.17, 15) is 0 Å². The third-order valence-corrected chi connectivity index (χ3v) is 3.90. The molecule has 104 valence electrons. The van der Waals surface area contributed by atoms with Crippen molar-refractivity contribution in [3.8, 4) is 17.5 Å². The van der Waals surface area contributed by atoms with Gasteiger partial charge in [-0.1, -0.05) is 23.2 Å². The van der Waals surface area contributed by atoms with E-state index in [2.05, 4.69) is 16.0 Å². The fraction of sp³-hybridized carbons (Fsp3) is 0.133. The van der Waals surface area contributed by atoms with E-state index < -0.39 is 0 Å². The smallest absolute Gasteiger partial charge is 0.141 e. The number of nitriles is 1. The molecule has 4 nitrogen and oxygen atoms in total. The van der Waals surface area contributed by atoms with Crippen molar-refractivity contribution < 1.29 is 0 Å². The molecule has 0 N–H and O–H groups in total. The van der Waals surface area contributed by atoms with E-state index in [1.807, 2.05) is 16.7 Å². The summed E-state index contributed by atoms with van der Waals surface area (Å²) < 4.78 is 1.98. The summed E-state index contributed by atoms with van der Waals surface area (Å²) in [5.41, 5.74) is 2.56. The average Bonchev–Trinajstić information content (AvgIpc) is 2.84. The van der Waals surface area contributed by atoms with E-state index in [0.717, 1.165) is 22.4 Å². The van der Waals surface area contributed by atoms with Crippen molar-refractivity contribution in [3.63, 3.8) is 0 Å². The van der Waals surface area contributed by atoms with Gasteiger partial charge in [0.15, 0.2) is 0 Å². The molecular formula is C15H10Cl2N4. The number of aryl methyl sites for hydroxylation is 1. The van der Waals surface area contributed by atoms with Gasteiger partial charge in [-0.05, 0) is 24.3 Å². The molecule has 2 aromatic heterocycles. The Labute approximate surface area is 131 Å². The maximum atomic E-state index is 8.86. The van der Waals surface area contributed by atoms with Crippen LogP contribution in [0.25, 0.3) is 22.4 Å². The van der Waals surface area contributed by atoms with Gasteiger partial charge in [-0.2, -0.15) is 5.26 Å². The minimum atomic E-state index is 0.393. The molecule has 1 aromatic carbocycles. The molecule has 0 radical (unpaired) electrons. The van der Waals surface area contributed by atoms with Gasteiger partial charge in [0.05, 0.1) is 33.6 Å². The van der Waals surface area contributed by atoms with Crippen LogP contribution in [0, 0.1) is 11.3 Å². The van der Waals surface area contributed by atoms with Gasteiger partial charge < -0.3 is 4.57 Å². The van der Waals surface area contributed by atoms with Gasteiger partial charge in [-0.25, -0.2) is 4.98 Å². The number of hydrogen-bond donors (Lipinski definition) is 0. The van der Waals surface area contributed by atoms with Crippen molar-refractivity contribution >= 4 is 34.2 Å². The Morgan fingerprint density at radius 3 is 2.57 bits per heavy atom. The van der Waals surface area contributed by atoms with Crippen molar-refractivity contribution in [1.82, 2.24) is 14.5 Å². The summed E-state index contributed by atoms with van der Waals surface area (Å²) in [6.45, 7) is 0.544. The van der Waals surface area contributed by atoms with Crippen LogP contribution in [0.2, 0.25) is 10.0 Å². The molecule has 0 aliphatic carbocycles. The molecule has 0 bridgehead atoms. The van der Waals surface area contributed by atoms with Crippen molar-refractivity contribution in [1.29, 1.82) is 5.26 Å². The Bertz CT molecular complexity index is 834. The van der Waals surface area contributed by atoms with E-state index in [-0.39, 0.29) is 0 Å². The highest BCUT2D eigenvalue weighted by atomic mass is 35.5. The summed E-state index contributed by atoms with van der Waals surface area (Å²) in [5.74, 6) is 0.779. The normalized spacial score (nSPS) is 10.7. The van der Waals surface area contributed by atoms with Crippen LogP contribution in [-0.2, 0) is 6.54 Å². The Hall–Kier alpha value is -2.09. The number of nitrogens with zero attached hydrogens (tertiary/aromatic N) is 4. The zero-order valence-electron chi connectivity index (χ0n) is 10.9. The second kappa shape index (κ2) is 5.72. The topological polar surface area (TPSA) is 54.5 Å². The summed E-state index contributed by atoms with van der Waals surface area (Å²) in [6, 6.07) is 9.45. The van der Waals surface area contributed by atoms with Gasteiger partial charge in [0, 0.05) is 24.5 Å². The third kappa shape index (κ3) is 2.58. The minimum Gasteiger partial charge on any atom is -0.323 e. The van der Waals surface area contributed by atoms with Gasteiger partial charge in [0.25, 0.3) is 0 Å². The third-order valence-electron chi connectivity index (χ3n) is 3.18. The number of aromatic nitrogens is 3.